The molecule has 0 spiro atoms. The van der Waals surface area contributed by atoms with Gasteiger partial charge in [-0.15, -0.1) is 0 Å². The standard InChI is InChI=1S/C72H127NO10/c1-4-7-10-13-16-19-22-25-27-28-29-30-31-32-33-34-35-36-37-39-41-44-47-50-53-56-59-65(76)71(80)73-63(64(75)58-55-52-49-46-43-40-24-21-18-15-12-9-6-3)62-81-72-70(69(79)68(78)66(61-74)82-72)83-67(77)60-57-54-51-48-45-42-38-26-23-20-17-14-11-8-5-2/h7,10,16,19-20,23,25,27,29-30,32-33,55,58,63-66,68-70,72,74-76,78-79H,4-6,8-9,11-15,17-18,21-22,24,26,28,31,34-54,56-57,59-62H2,1-3H3,(H,73,80)/b10-7-,19-16-,23-20-,27-25-,30-29-,33-32-,58-55+. The van der Waals surface area contributed by atoms with Gasteiger partial charge in [-0.25, -0.2) is 0 Å². The van der Waals surface area contributed by atoms with Crippen molar-refractivity contribution in [2.24, 2.45) is 0 Å². The van der Waals surface area contributed by atoms with Gasteiger partial charge in [0.1, 0.15) is 24.4 Å². The van der Waals surface area contributed by atoms with Crippen LogP contribution in [-0.2, 0) is 23.8 Å². The van der Waals surface area contributed by atoms with Crippen molar-refractivity contribution in [1.82, 2.24) is 5.32 Å². The summed E-state index contributed by atoms with van der Waals surface area (Å²) < 4.78 is 17.7. The molecule has 1 saturated heterocycles. The molecule has 0 bridgehead atoms. The third-order valence-electron chi connectivity index (χ3n) is 15.8. The Morgan fingerprint density at radius 2 is 0.867 bits per heavy atom. The normalized spacial score (nSPS) is 19.1. The monoisotopic (exact) mass is 1170 g/mol. The highest BCUT2D eigenvalue weighted by Crippen LogP contribution is 2.26. The number of carbonyl (C=O) groups is 2. The zero-order valence-electron chi connectivity index (χ0n) is 53.3. The van der Waals surface area contributed by atoms with Crippen LogP contribution in [-0.4, -0.2) is 99.6 Å². The van der Waals surface area contributed by atoms with Crippen LogP contribution >= 0.6 is 0 Å². The number of hydrogen-bond donors (Lipinski definition) is 6. The van der Waals surface area contributed by atoms with Gasteiger partial charge in [0.25, 0.3) is 0 Å². The molecule has 6 N–H and O–H groups in total. The van der Waals surface area contributed by atoms with Crippen molar-refractivity contribution in [1.29, 1.82) is 0 Å². The van der Waals surface area contributed by atoms with E-state index >= 15 is 0 Å². The van der Waals surface area contributed by atoms with Crippen LogP contribution in [0.25, 0.3) is 0 Å². The average Bonchev–Trinajstić information content (AvgIpc) is 3.55. The Labute approximate surface area is 508 Å². The Morgan fingerprint density at radius 3 is 1.33 bits per heavy atom. The Kier molecular flexibility index (Phi) is 55.5. The predicted octanol–water partition coefficient (Wildman–Crippen LogP) is 17.3. The first-order valence-corrected chi connectivity index (χ1v) is 34.4. The van der Waals surface area contributed by atoms with Crippen molar-refractivity contribution in [3.8, 4) is 0 Å². The summed E-state index contributed by atoms with van der Waals surface area (Å²) in [6.45, 7) is 5.68. The first kappa shape index (κ1) is 77.9. The fraction of sp³-hybridized carbons (Fsp3) is 0.778. The molecular formula is C72H127NO10. The summed E-state index contributed by atoms with van der Waals surface area (Å²) in [5.74, 6) is -1.20. The van der Waals surface area contributed by atoms with Crippen LogP contribution in [0.3, 0.4) is 0 Å². The number of ether oxygens (including phenoxy) is 3. The number of aliphatic hydroxyl groups is 5. The summed E-state index contributed by atoms with van der Waals surface area (Å²) in [6.07, 6.45) is 67.6. The van der Waals surface area contributed by atoms with E-state index < -0.39 is 67.4 Å². The lowest BCUT2D eigenvalue weighted by Crippen LogP contribution is -2.61. The summed E-state index contributed by atoms with van der Waals surface area (Å²) in [4.78, 5) is 26.6. The Morgan fingerprint density at radius 1 is 0.482 bits per heavy atom. The van der Waals surface area contributed by atoms with Crippen molar-refractivity contribution >= 4 is 11.9 Å². The second-order valence-electron chi connectivity index (χ2n) is 23.5. The van der Waals surface area contributed by atoms with Gasteiger partial charge >= 0.3 is 5.97 Å². The maximum Gasteiger partial charge on any atom is 0.306 e. The highest BCUT2D eigenvalue weighted by atomic mass is 16.7. The van der Waals surface area contributed by atoms with Crippen molar-refractivity contribution in [2.45, 2.75) is 346 Å². The molecule has 0 saturated carbocycles. The van der Waals surface area contributed by atoms with Gasteiger partial charge < -0.3 is 45.1 Å². The number of unbranched alkanes of at least 4 members (excludes halogenated alkanes) is 32. The minimum Gasteiger partial charge on any atom is -0.454 e. The van der Waals surface area contributed by atoms with Crippen LogP contribution in [0, 0.1) is 0 Å². The highest BCUT2D eigenvalue weighted by Gasteiger charge is 2.47. The number of carbonyl (C=O) groups excluding carboxylic acids is 2. The maximum absolute atomic E-state index is 13.5. The molecule has 1 rings (SSSR count). The molecule has 0 aromatic rings. The number of amides is 1. The molecule has 1 aliphatic heterocycles. The van der Waals surface area contributed by atoms with E-state index in [9.17, 15) is 35.1 Å². The number of allylic oxidation sites excluding steroid dienone is 13. The predicted molar refractivity (Wildman–Crippen MR) is 347 cm³/mol. The highest BCUT2D eigenvalue weighted by molar-refractivity contribution is 5.80. The molecule has 11 heteroatoms. The molecule has 1 aliphatic rings. The van der Waals surface area contributed by atoms with Crippen molar-refractivity contribution in [3.63, 3.8) is 0 Å². The summed E-state index contributed by atoms with van der Waals surface area (Å²) in [6, 6.07) is -1.03. The molecule has 0 aromatic heterocycles. The minimum atomic E-state index is -1.62. The molecule has 8 unspecified atom stereocenters. The van der Waals surface area contributed by atoms with Crippen molar-refractivity contribution in [3.05, 3.63) is 85.1 Å². The largest absolute Gasteiger partial charge is 0.454 e. The van der Waals surface area contributed by atoms with Gasteiger partial charge in [-0.2, -0.15) is 0 Å². The van der Waals surface area contributed by atoms with E-state index in [2.05, 4.69) is 99.0 Å². The summed E-state index contributed by atoms with van der Waals surface area (Å²) in [7, 11) is 0. The Bertz CT molecular complexity index is 1670. The molecule has 0 radical (unpaired) electrons. The van der Waals surface area contributed by atoms with E-state index in [1.165, 1.54) is 141 Å². The number of nitrogens with one attached hydrogen (secondary N) is 1. The molecule has 1 fully saturated rings. The Balaban J connectivity index is 2.60. The fourth-order valence-electron chi connectivity index (χ4n) is 10.4. The van der Waals surface area contributed by atoms with Crippen LogP contribution < -0.4 is 5.32 Å². The van der Waals surface area contributed by atoms with E-state index in [1.807, 2.05) is 6.08 Å². The van der Waals surface area contributed by atoms with Crippen LogP contribution in [0.5, 0.6) is 0 Å². The number of aliphatic hydroxyl groups excluding tert-OH is 5. The van der Waals surface area contributed by atoms with Crippen LogP contribution in [0.2, 0.25) is 0 Å². The second kappa shape index (κ2) is 59.2. The quantitative estimate of drug-likeness (QED) is 0.0195. The van der Waals surface area contributed by atoms with Crippen molar-refractivity contribution in [2.75, 3.05) is 13.2 Å². The summed E-state index contributed by atoms with van der Waals surface area (Å²) in [5.41, 5.74) is 0. The van der Waals surface area contributed by atoms with E-state index in [-0.39, 0.29) is 19.4 Å². The third kappa shape index (κ3) is 46.7. The molecule has 1 heterocycles. The zero-order chi connectivity index (χ0) is 60.3. The average molecular weight is 1170 g/mol. The maximum atomic E-state index is 13.5. The van der Waals surface area contributed by atoms with E-state index in [1.54, 1.807) is 6.08 Å². The van der Waals surface area contributed by atoms with E-state index in [4.69, 9.17) is 14.2 Å². The molecule has 0 aromatic carbocycles. The van der Waals surface area contributed by atoms with Gasteiger partial charge in [0.2, 0.25) is 5.91 Å². The molecule has 8 atom stereocenters. The molecule has 0 aliphatic carbocycles. The van der Waals surface area contributed by atoms with Crippen LogP contribution in [0.4, 0.5) is 0 Å². The molecular weight excluding hydrogens is 1040 g/mol. The molecule has 83 heavy (non-hydrogen) atoms. The number of hydrogen-bond acceptors (Lipinski definition) is 10. The molecule has 1 amide bonds. The molecule has 480 valence electrons. The first-order chi connectivity index (χ1) is 40.7. The number of rotatable bonds is 58. The Hall–Kier alpha value is -3.16. The van der Waals surface area contributed by atoms with Gasteiger partial charge in [0.05, 0.1) is 25.4 Å². The lowest BCUT2D eigenvalue weighted by Gasteiger charge is -2.41. The first-order valence-electron chi connectivity index (χ1n) is 34.4. The summed E-state index contributed by atoms with van der Waals surface area (Å²) in [5, 5.41) is 57.2. The second-order valence-corrected chi connectivity index (χ2v) is 23.5. The molecule has 11 nitrogen and oxygen atoms in total. The zero-order valence-corrected chi connectivity index (χ0v) is 53.3. The van der Waals surface area contributed by atoms with Crippen LogP contribution in [0.1, 0.15) is 297 Å². The van der Waals surface area contributed by atoms with Gasteiger partial charge in [-0.1, -0.05) is 279 Å². The topological polar surface area (TPSA) is 175 Å². The lowest BCUT2D eigenvalue weighted by atomic mass is 9.99. The smallest absolute Gasteiger partial charge is 0.306 e. The van der Waals surface area contributed by atoms with Gasteiger partial charge in [0, 0.05) is 6.42 Å². The summed E-state index contributed by atoms with van der Waals surface area (Å²) >= 11 is 0. The third-order valence-corrected chi connectivity index (χ3v) is 15.8. The van der Waals surface area contributed by atoms with E-state index in [0.29, 0.717) is 12.8 Å². The van der Waals surface area contributed by atoms with E-state index in [0.717, 1.165) is 109 Å². The lowest BCUT2D eigenvalue weighted by molar-refractivity contribution is -0.305. The van der Waals surface area contributed by atoms with Crippen molar-refractivity contribution < 1.29 is 49.3 Å². The fourth-order valence-corrected chi connectivity index (χ4v) is 10.4. The van der Waals surface area contributed by atoms with Gasteiger partial charge in [0.15, 0.2) is 12.4 Å². The number of esters is 1. The minimum absolute atomic E-state index is 0.117. The SMILES string of the molecule is CC/C=C\C/C=C\C/C=C\C/C=C\C/C=C\CCCCCCCCCCCCC(O)C(=O)NC(COC1OC(CO)C(O)C(O)C1OC(=O)CCCCCCCCC/C=C\CCCCCC)C(O)/C=C/CCCCCCCCCCCCC. The van der Waals surface area contributed by atoms with Gasteiger partial charge in [-0.05, 0) is 96.3 Å². The van der Waals surface area contributed by atoms with Gasteiger partial charge in [-0.3, -0.25) is 9.59 Å². The van der Waals surface area contributed by atoms with Crippen LogP contribution in [0.15, 0.2) is 85.1 Å².